The molecule has 0 radical (unpaired) electrons. The number of carbonyl (C=O) groups is 2. The lowest BCUT2D eigenvalue weighted by Gasteiger charge is -2.26. The normalized spacial score (nSPS) is 15.4. The molecule has 0 aromatic heterocycles. The summed E-state index contributed by atoms with van der Waals surface area (Å²) < 4.78 is 95.5. The van der Waals surface area contributed by atoms with Crippen LogP contribution in [0.2, 0.25) is 0 Å². The van der Waals surface area contributed by atoms with Crippen molar-refractivity contribution in [2.75, 3.05) is 15.4 Å². The summed E-state index contributed by atoms with van der Waals surface area (Å²) in [4.78, 5) is 27.3. The van der Waals surface area contributed by atoms with Gasteiger partial charge in [0.1, 0.15) is 17.6 Å². The van der Waals surface area contributed by atoms with Gasteiger partial charge in [-0.15, -0.1) is 0 Å². The zero-order chi connectivity index (χ0) is 38.5. The lowest BCUT2D eigenvalue weighted by atomic mass is 9.98. The van der Waals surface area contributed by atoms with Crippen LogP contribution in [-0.4, -0.2) is 37.3 Å². The third-order valence-corrected chi connectivity index (χ3v) is 11.4. The predicted octanol–water partition coefficient (Wildman–Crippen LogP) is 8.44. The van der Waals surface area contributed by atoms with Crippen molar-refractivity contribution in [2.45, 2.75) is 69.4 Å². The molecular weight excluding hydrogens is 794 g/mol. The zero-order valence-corrected chi connectivity index (χ0v) is 30.9. The number of carboxylic acids is 1. The molecule has 0 unspecified atom stereocenters. The Bertz CT molecular complexity index is 2330. The summed E-state index contributed by atoms with van der Waals surface area (Å²) in [6.07, 6.45) is 4.45. The topological polar surface area (TPSA) is 137 Å². The Morgan fingerprint density at radius 2 is 1.56 bits per heavy atom. The number of nitrogens with one attached hydrogen (secondary N) is 1. The van der Waals surface area contributed by atoms with Gasteiger partial charge in [0.2, 0.25) is 15.9 Å². The average Bonchev–Trinajstić information content (AvgIpc) is 3.97. The number of carbonyl (C=O) groups excluding carboxylic acids is 1. The minimum absolute atomic E-state index is 0.0320. The number of hydrogen-bond donors (Lipinski definition) is 2. The molecule has 4 aromatic rings. The number of carboxylic acid groups (broad SMARTS) is 1. The first kappa shape index (κ1) is 37.4. The van der Waals surface area contributed by atoms with Crippen LogP contribution in [0.4, 0.5) is 28.9 Å². The third kappa shape index (κ3) is 8.09. The minimum Gasteiger partial charge on any atom is -0.488 e. The van der Waals surface area contributed by atoms with E-state index in [0.29, 0.717) is 30.2 Å². The second kappa shape index (κ2) is 14.7. The smallest absolute Gasteiger partial charge is 0.335 e. The molecule has 3 saturated carbocycles. The number of nitriles is 1. The van der Waals surface area contributed by atoms with Gasteiger partial charge in [-0.25, -0.2) is 30.8 Å². The largest absolute Gasteiger partial charge is 0.488 e. The van der Waals surface area contributed by atoms with Gasteiger partial charge in [-0.2, -0.15) is 5.26 Å². The SMILES string of the molecule is N#Cc1c(Br)cccc1Cc1c(F)c(F)c(F)c(F)c1NS(=O)(=O)CC(=O)N(Cc1cc(C2CC2)cc(C2CC2)c1)c1ccc(C(=O)O)cc1OC1CC1. The van der Waals surface area contributed by atoms with E-state index in [1.807, 2.05) is 18.2 Å². The molecule has 7 rings (SSSR count). The Hall–Kier alpha value is -4.94. The van der Waals surface area contributed by atoms with Gasteiger partial charge in [-0.05, 0) is 113 Å². The summed E-state index contributed by atoms with van der Waals surface area (Å²) in [7, 11) is -5.00. The number of sulfonamides is 1. The van der Waals surface area contributed by atoms with Gasteiger partial charge in [0, 0.05) is 16.5 Å². The summed E-state index contributed by atoms with van der Waals surface area (Å²) in [6.45, 7) is -0.151. The fourth-order valence-corrected chi connectivity index (χ4v) is 7.95. The molecule has 54 heavy (non-hydrogen) atoms. The van der Waals surface area contributed by atoms with Gasteiger partial charge in [-0.3, -0.25) is 9.52 Å². The molecule has 3 aliphatic carbocycles. The van der Waals surface area contributed by atoms with Crippen molar-refractivity contribution in [2.24, 2.45) is 0 Å². The van der Waals surface area contributed by atoms with Crippen molar-refractivity contribution in [1.82, 2.24) is 0 Å². The van der Waals surface area contributed by atoms with E-state index in [1.165, 1.54) is 36.4 Å². The van der Waals surface area contributed by atoms with Gasteiger partial charge in [0.05, 0.1) is 35.2 Å². The quantitative estimate of drug-likeness (QED) is 0.0740. The minimum atomic E-state index is -5.00. The number of aromatic carboxylic acids is 1. The molecular formula is C39H32BrF4N3O6S. The number of nitrogens with zero attached hydrogens (tertiary/aromatic N) is 2. The number of halogens is 5. The van der Waals surface area contributed by atoms with E-state index in [2.05, 4.69) is 22.0 Å². The van der Waals surface area contributed by atoms with Crippen LogP contribution in [0.25, 0.3) is 0 Å². The lowest BCUT2D eigenvalue weighted by Crippen LogP contribution is -2.37. The maximum absolute atomic E-state index is 15.4. The monoisotopic (exact) mass is 825 g/mol. The molecule has 0 saturated heterocycles. The molecule has 1 amide bonds. The summed E-state index contributed by atoms with van der Waals surface area (Å²) in [5.74, 6) is -11.3. The molecule has 0 atom stereocenters. The number of benzene rings is 4. The van der Waals surface area contributed by atoms with Crippen molar-refractivity contribution in [3.05, 3.63) is 121 Å². The number of ether oxygens (including phenoxy) is 1. The van der Waals surface area contributed by atoms with E-state index in [-0.39, 0.29) is 45.2 Å². The van der Waals surface area contributed by atoms with E-state index >= 15 is 8.78 Å². The Morgan fingerprint density at radius 1 is 0.907 bits per heavy atom. The van der Waals surface area contributed by atoms with Crippen LogP contribution in [0.15, 0.2) is 59.1 Å². The molecule has 0 aliphatic heterocycles. The molecule has 2 N–H and O–H groups in total. The molecule has 4 aromatic carbocycles. The highest BCUT2D eigenvalue weighted by molar-refractivity contribution is 9.10. The zero-order valence-electron chi connectivity index (χ0n) is 28.5. The van der Waals surface area contributed by atoms with E-state index < -0.39 is 68.6 Å². The highest BCUT2D eigenvalue weighted by Gasteiger charge is 2.34. The third-order valence-electron chi connectivity index (χ3n) is 9.61. The van der Waals surface area contributed by atoms with E-state index in [1.54, 1.807) is 4.72 Å². The number of amides is 1. The maximum atomic E-state index is 15.4. The van der Waals surface area contributed by atoms with Crippen molar-refractivity contribution in [3.8, 4) is 11.8 Å². The predicted molar refractivity (Wildman–Crippen MR) is 194 cm³/mol. The standard InChI is InChI=1S/C39H32BrF4N3O6S/c40-30-3-1-2-23(29(30)17-45)15-28-34(41)35(42)36(43)37(44)38(28)46-54(51,52)19-33(48)47(31-11-8-24(39(49)50)16-32(31)53-27-9-10-27)18-20-12-25(21-4-5-21)14-26(13-20)22-6-7-22/h1-3,8,11-14,16,21-22,27,46H,4-7,9-10,15,18-19H2,(H,49,50). The average molecular weight is 827 g/mol. The fraction of sp³-hybridized carbons (Fsp3) is 0.308. The van der Waals surface area contributed by atoms with E-state index in [0.717, 1.165) is 41.7 Å². The molecule has 0 heterocycles. The Balaban J connectivity index is 1.26. The van der Waals surface area contributed by atoms with Crippen LogP contribution in [0.5, 0.6) is 5.75 Å². The molecule has 15 heteroatoms. The van der Waals surface area contributed by atoms with Crippen LogP contribution in [0.1, 0.15) is 94.1 Å². The van der Waals surface area contributed by atoms with Gasteiger partial charge in [0.15, 0.2) is 23.3 Å². The number of hydrogen-bond acceptors (Lipinski definition) is 6. The van der Waals surface area contributed by atoms with Crippen molar-refractivity contribution in [1.29, 1.82) is 5.26 Å². The van der Waals surface area contributed by atoms with E-state index in [4.69, 9.17) is 4.74 Å². The van der Waals surface area contributed by atoms with Crippen LogP contribution in [0, 0.1) is 34.6 Å². The fourth-order valence-electron chi connectivity index (χ4n) is 6.38. The summed E-state index contributed by atoms with van der Waals surface area (Å²) in [5, 5.41) is 19.3. The first-order valence-corrected chi connectivity index (χ1v) is 19.7. The number of anilines is 2. The molecule has 3 aliphatic rings. The summed E-state index contributed by atoms with van der Waals surface area (Å²) >= 11 is 3.17. The van der Waals surface area contributed by atoms with Crippen LogP contribution in [0.3, 0.4) is 0 Å². The molecule has 9 nitrogen and oxygen atoms in total. The maximum Gasteiger partial charge on any atom is 0.335 e. The molecule has 0 bridgehead atoms. The number of rotatable bonds is 14. The van der Waals surface area contributed by atoms with Gasteiger partial charge < -0.3 is 14.7 Å². The van der Waals surface area contributed by atoms with Crippen molar-refractivity contribution >= 4 is 49.2 Å². The Kier molecular flexibility index (Phi) is 10.2. The molecule has 0 spiro atoms. The molecule has 280 valence electrons. The second-order valence-corrected chi connectivity index (χ2v) is 16.5. The lowest BCUT2D eigenvalue weighted by molar-refractivity contribution is -0.116. The van der Waals surface area contributed by atoms with Gasteiger partial charge in [-0.1, -0.05) is 30.3 Å². The first-order chi connectivity index (χ1) is 25.7. The highest BCUT2D eigenvalue weighted by atomic mass is 79.9. The van der Waals surface area contributed by atoms with Crippen LogP contribution >= 0.6 is 15.9 Å². The van der Waals surface area contributed by atoms with Crippen molar-refractivity contribution in [3.63, 3.8) is 0 Å². The second-order valence-electron chi connectivity index (χ2n) is 13.9. The van der Waals surface area contributed by atoms with Crippen LogP contribution in [-0.2, 0) is 27.8 Å². The highest BCUT2D eigenvalue weighted by Crippen LogP contribution is 2.46. The van der Waals surface area contributed by atoms with Gasteiger partial charge in [0.25, 0.3) is 0 Å². The molecule has 3 fully saturated rings. The summed E-state index contributed by atoms with van der Waals surface area (Å²) in [5.41, 5.74) is 0.671. The Labute approximate surface area is 316 Å². The Morgan fingerprint density at radius 3 is 2.15 bits per heavy atom. The summed E-state index contributed by atoms with van der Waals surface area (Å²) in [6, 6.07) is 16.1. The van der Waals surface area contributed by atoms with Gasteiger partial charge >= 0.3 is 5.97 Å². The van der Waals surface area contributed by atoms with Crippen LogP contribution < -0.4 is 14.4 Å². The first-order valence-electron chi connectivity index (χ1n) is 17.2. The van der Waals surface area contributed by atoms with E-state index in [9.17, 15) is 37.2 Å². The van der Waals surface area contributed by atoms with Crippen molar-refractivity contribution < 1.29 is 45.4 Å².